The van der Waals surface area contributed by atoms with Crippen molar-refractivity contribution in [3.05, 3.63) is 64.9 Å². The van der Waals surface area contributed by atoms with Crippen LogP contribution in [0.1, 0.15) is 15.4 Å². The number of amides is 1. The first-order valence-corrected chi connectivity index (χ1v) is 9.80. The molecule has 0 bridgehead atoms. The number of carbonyl (C=O) groups is 1. The zero-order valence-electron chi connectivity index (χ0n) is 15.7. The Morgan fingerprint density at radius 2 is 1.97 bits per heavy atom. The minimum Gasteiger partial charge on any atom is -0.338 e. The summed E-state index contributed by atoms with van der Waals surface area (Å²) in [6, 6.07) is 13.5. The predicted molar refractivity (Wildman–Crippen MR) is 113 cm³/mol. The monoisotopic (exact) mass is 405 g/mol. The van der Waals surface area contributed by atoms with E-state index in [0.29, 0.717) is 16.4 Å². The van der Waals surface area contributed by atoms with Crippen molar-refractivity contribution in [3.63, 3.8) is 0 Å². The molecule has 0 aliphatic rings. The van der Waals surface area contributed by atoms with E-state index in [4.69, 9.17) is 0 Å². The van der Waals surface area contributed by atoms with E-state index < -0.39 is 0 Å². The van der Waals surface area contributed by atoms with Crippen LogP contribution in [0.2, 0.25) is 0 Å². The van der Waals surface area contributed by atoms with Crippen molar-refractivity contribution in [2.24, 2.45) is 7.05 Å². The summed E-state index contributed by atoms with van der Waals surface area (Å²) < 4.78 is 14.9. The zero-order valence-corrected chi connectivity index (χ0v) is 16.5. The predicted octanol–water partition coefficient (Wildman–Crippen LogP) is 4.88. The van der Waals surface area contributed by atoms with Gasteiger partial charge in [0, 0.05) is 23.7 Å². The molecule has 0 saturated heterocycles. The molecule has 8 heteroatoms. The second kappa shape index (κ2) is 6.52. The van der Waals surface area contributed by atoms with Crippen molar-refractivity contribution in [1.29, 1.82) is 0 Å². The number of H-pyrrole nitrogens is 1. The summed E-state index contributed by atoms with van der Waals surface area (Å²) in [5.41, 5.74) is 3.93. The lowest BCUT2D eigenvalue weighted by atomic mass is 10.2. The Morgan fingerprint density at radius 1 is 1.17 bits per heavy atom. The van der Waals surface area contributed by atoms with Crippen molar-refractivity contribution in [2.45, 2.75) is 6.92 Å². The molecule has 1 amide bonds. The highest BCUT2D eigenvalue weighted by Crippen LogP contribution is 2.29. The smallest absolute Gasteiger partial charge is 0.265 e. The van der Waals surface area contributed by atoms with Crippen LogP contribution in [0.25, 0.3) is 32.6 Å². The zero-order chi connectivity index (χ0) is 20.1. The van der Waals surface area contributed by atoms with Crippen LogP contribution < -0.4 is 5.32 Å². The summed E-state index contributed by atoms with van der Waals surface area (Å²) in [7, 11) is 1.87. The molecule has 0 unspecified atom stereocenters. The third-order valence-corrected chi connectivity index (χ3v) is 5.98. The lowest BCUT2D eigenvalue weighted by molar-refractivity contribution is 0.103. The maximum Gasteiger partial charge on any atom is 0.265 e. The summed E-state index contributed by atoms with van der Waals surface area (Å²) in [4.78, 5) is 22.1. The summed E-state index contributed by atoms with van der Waals surface area (Å²) in [6.07, 6.45) is 0. The largest absolute Gasteiger partial charge is 0.338 e. The number of halogens is 1. The molecule has 5 rings (SSSR count). The average Bonchev–Trinajstić information content (AvgIpc) is 3.38. The van der Waals surface area contributed by atoms with Crippen LogP contribution in [0, 0.1) is 12.7 Å². The van der Waals surface area contributed by atoms with Gasteiger partial charge in [0.15, 0.2) is 0 Å². The highest BCUT2D eigenvalue weighted by atomic mass is 32.1. The summed E-state index contributed by atoms with van der Waals surface area (Å²) in [5, 5.41) is 8.30. The fraction of sp³-hybridized carbons (Fsp3) is 0.0952. The van der Waals surface area contributed by atoms with E-state index in [1.807, 2.05) is 38.2 Å². The fourth-order valence-corrected chi connectivity index (χ4v) is 4.36. The van der Waals surface area contributed by atoms with Gasteiger partial charge in [-0.05, 0) is 55.5 Å². The molecule has 0 aliphatic heterocycles. The number of fused-ring (bicyclic) bond motifs is 2. The van der Waals surface area contributed by atoms with E-state index in [9.17, 15) is 9.18 Å². The normalized spacial score (nSPS) is 11.4. The first kappa shape index (κ1) is 17.6. The number of hydrogen-bond acceptors (Lipinski definition) is 4. The van der Waals surface area contributed by atoms with Crippen LogP contribution in [-0.2, 0) is 7.05 Å². The molecule has 2 aromatic carbocycles. The quantitative estimate of drug-likeness (QED) is 0.449. The third-order valence-electron chi connectivity index (χ3n) is 4.78. The van der Waals surface area contributed by atoms with E-state index in [0.717, 1.165) is 32.5 Å². The average molecular weight is 405 g/mol. The van der Waals surface area contributed by atoms with Crippen LogP contribution in [-0.4, -0.2) is 25.7 Å². The van der Waals surface area contributed by atoms with E-state index in [2.05, 4.69) is 20.4 Å². The van der Waals surface area contributed by atoms with Crippen molar-refractivity contribution >= 4 is 44.2 Å². The number of nitrogens with one attached hydrogen (secondary N) is 2. The van der Waals surface area contributed by atoms with Crippen molar-refractivity contribution in [1.82, 2.24) is 19.7 Å². The van der Waals surface area contributed by atoms with Gasteiger partial charge in [0.25, 0.3) is 5.91 Å². The van der Waals surface area contributed by atoms with Crippen LogP contribution in [0.3, 0.4) is 0 Å². The van der Waals surface area contributed by atoms with E-state index in [1.54, 1.807) is 16.8 Å². The minimum atomic E-state index is -0.290. The maximum atomic E-state index is 13.1. The maximum absolute atomic E-state index is 13.1. The fourth-order valence-electron chi connectivity index (χ4n) is 3.34. The highest BCUT2D eigenvalue weighted by molar-refractivity contribution is 7.20. The third kappa shape index (κ3) is 3.07. The molecule has 0 aliphatic carbocycles. The number of hydrogen-bond donors (Lipinski definition) is 2. The summed E-state index contributed by atoms with van der Waals surface area (Å²) in [6.45, 7) is 1.93. The van der Waals surface area contributed by atoms with Gasteiger partial charge in [-0.1, -0.05) is 0 Å². The molecule has 0 atom stereocenters. The van der Waals surface area contributed by atoms with Gasteiger partial charge >= 0.3 is 0 Å². The standard InChI is InChI=1S/C21H16FN5OS/c1-11-15-10-18(29-21(15)27(2)26-11)20(28)23-14-7-8-16-17(9-14)25-19(24-16)12-3-5-13(22)6-4-12/h3-10H,1-2H3,(H,23,28)(H,24,25). The molecule has 6 nitrogen and oxygen atoms in total. The van der Waals surface area contributed by atoms with Crippen LogP contribution in [0.4, 0.5) is 10.1 Å². The number of anilines is 1. The molecule has 144 valence electrons. The van der Waals surface area contributed by atoms with Gasteiger partial charge in [-0.2, -0.15) is 5.10 Å². The number of aryl methyl sites for hydroxylation is 2. The van der Waals surface area contributed by atoms with E-state index >= 15 is 0 Å². The number of imidazole rings is 1. The number of aromatic amines is 1. The summed E-state index contributed by atoms with van der Waals surface area (Å²) in [5.74, 6) is 0.196. The van der Waals surface area contributed by atoms with Gasteiger partial charge < -0.3 is 10.3 Å². The van der Waals surface area contributed by atoms with Gasteiger partial charge in [0.05, 0.1) is 21.6 Å². The Hall–Kier alpha value is -3.52. The van der Waals surface area contributed by atoms with Crippen LogP contribution in [0.15, 0.2) is 48.5 Å². The number of aromatic nitrogens is 4. The molecule has 0 fully saturated rings. The SMILES string of the molecule is Cc1nn(C)c2sc(C(=O)Nc3ccc4nc(-c5ccc(F)cc5)[nH]c4c3)cc12. The number of benzene rings is 2. The first-order valence-electron chi connectivity index (χ1n) is 8.98. The van der Waals surface area contributed by atoms with E-state index in [-0.39, 0.29) is 11.7 Å². The Morgan fingerprint density at radius 3 is 2.72 bits per heavy atom. The Balaban J connectivity index is 1.43. The van der Waals surface area contributed by atoms with Crippen molar-refractivity contribution in [2.75, 3.05) is 5.32 Å². The van der Waals surface area contributed by atoms with Gasteiger partial charge in [-0.3, -0.25) is 9.48 Å². The van der Waals surface area contributed by atoms with Gasteiger partial charge in [0.1, 0.15) is 16.5 Å². The van der Waals surface area contributed by atoms with Gasteiger partial charge in [0.2, 0.25) is 0 Å². The second-order valence-electron chi connectivity index (χ2n) is 6.82. The number of nitrogens with zero attached hydrogens (tertiary/aromatic N) is 3. The summed E-state index contributed by atoms with van der Waals surface area (Å²) >= 11 is 1.42. The minimum absolute atomic E-state index is 0.164. The first-order chi connectivity index (χ1) is 14.0. The Bertz CT molecular complexity index is 1350. The van der Waals surface area contributed by atoms with Crippen molar-refractivity contribution < 1.29 is 9.18 Å². The molecular weight excluding hydrogens is 389 g/mol. The van der Waals surface area contributed by atoms with Crippen LogP contribution in [0.5, 0.6) is 0 Å². The molecule has 0 saturated carbocycles. The second-order valence-corrected chi connectivity index (χ2v) is 7.85. The van der Waals surface area contributed by atoms with Gasteiger partial charge in [-0.15, -0.1) is 11.3 Å². The Kier molecular flexibility index (Phi) is 3.95. The molecule has 2 N–H and O–H groups in total. The molecular formula is C21H16FN5OS. The van der Waals surface area contributed by atoms with Crippen LogP contribution >= 0.6 is 11.3 Å². The molecule has 0 radical (unpaired) electrons. The topological polar surface area (TPSA) is 75.6 Å². The lowest BCUT2D eigenvalue weighted by Crippen LogP contribution is -2.10. The number of rotatable bonds is 3. The Labute approximate surface area is 169 Å². The molecule has 3 aromatic heterocycles. The number of thiophene rings is 1. The lowest BCUT2D eigenvalue weighted by Gasteiger charge is -2.03. The molecule has 29 heavy (non-hydrogen) atoms. The van der Waals surface area contributed by atoms with Crippen molar-refractivity contribution in [3.8, 4) is 11.4 Å². The molecule has 3 heterocycles. The highest BCUT2D eigenvalue weighted by Gasteiger charge is 2.15. The van der Waals surface area contributed by atoms with E-state index in [1.165, 1.54) is 23.5 Å². The molecule has 5 aromatic rings. The van der Waals surface area contributed by atoms with Gasteiger partial charge in [-0.25, -0.2) is 9.37 Å². The number of carbonyl (C=O) groups excluding carboxylic acids is 1. The molecule has 0 spiro atoms.